The molecule has 2 rings (SSSR count). The molecule has 0 saturated heterocycles. The van der Waals surface area contributed by atoms with Crippen molar-refractivity contribution in [1.82, 2.24) is 5.32 Å². The van der Waals surface area contributed by atoms with Crippen LogP contribution in [0.1, 0.15) is 21.5 Å². The predicted octanol–water partition coefficient (Wildman–Crippen LogP) is 2.26. The molecule has 0 radical (unpaired) electrons. The van der Waals surface area contributed by atoms with Crippen LogP contribution < -0.4 is 11.1 Å². The van der Waals surface area contributed by atoms with Crippen LogP contribution in [-0.2, 0) is 6.42 Å². The highest BCUT2D eigenvalue weighted by molar-refractivity contribution is 5.97. The molecule has 0 aromatic heterocycles. The van der Waals surface area contributed by atoms with Crippen LogP contribution in [0.2, 0.25) is 0 Å². The number of hydrogen-bond donors (Lipinski definition) is 3. The lowest BCUT2D eigenvalue weighted by atomic mass is 10.1. The van der Waals surface area contributed by atoms with Crippen molar-refractivity contribution in [2.75, 3.05) is 12.3 Å². The maximum Gasteiger partial charge on any atom is 0.255 e. The first-order valence-corrected chi connectivity index (χ1v) is 6.48. The van der Waals surface area contributed by atoms with Crippen molar-refractivity contribution in [2.24, 2.45) is 0 Å². The van der Waals surface area contributed by atoms with Gasteiger partial charge in [-0.25, -0.2) is 0 Å². The van der Waals surface area contributed by atoms with E-state index < -0.39 is 0 Å². The molecule has 1 amide bonds. The molecule has 2 aromatic rings. The Morgan fingerprint density at radius 2 is 1.90 bits per heavy atom. The number of nitrogens with two attached hydrogens (primary N) is 1. The minimum Gasteiger partial charge on any atom is -0.507 e. The number of rotatable bonds is 4. The van der Waals surface area contributed by atoms with Gasteiger partial charge in [-0.2, -0.15) is 0 Å². The zero-order chi connectivity index (χ0) is 14.5. The van der Waals surface area contributed by atoms with Crippen LogP contribution in [0.4, 0.5) is 5.69 Å². The number of phenolic OH excluding ortho intramolecular Hbond substituents is 1. The van der Waals surface area contributed by atoms with Gasteiger partial charge in [0.05, 0.1) is 5.56 Å². The zero-order valence-corrected chi connectivity index (χ0v) is 11.4. The van der Waals surface area contributed by atoms with Gasteiger partial charge < -0.3 is 16.2 Å². The molecule has 0 fully saturated rings. The Hall–Kier alpha value is -2.49. The van der Waals surface area contributed by atoms with Crippen LogP contribution >= 0.6 is 0 Å². The summed E-state index contributed by atoms with van der Waals surface area (Å²) in [5, 5.41) is 12.4. The normalized spacial score (nSPS) is 10.2. The molecular formula is C16H18N2O2. The fourth-order valence-electron chi connectivity index (χ4n) is 1.91. The number of phenols is 1. The summed E-state index contributed by atoms with van der Waals surface area (Å²) in [5.74, 6) is -0.381. The summed E-state index contributed by atoms with van der Waals surface area (Å²) in [7, 11) is 0. The van der Waals surface area contributed by atoms with Crippen molar-refractivity contribution in [3.8, 4) is 5.75 Å². The molecule has 2 aromatic carbocycles. The van der Waals surface area contributed by atoms with Crippen LogP contribution in [0.25, 0.3) is 0 Å². The van der Waals surface area contributed by atoms with E-state index in [0.29, 0.717) is 12.2 Å². The Morgan fingerprint density at radius 1 is 1.20 bits per heavy atom. The molecule has 0 atom stereocenters. The van der Waals surface area contributed by atoms with E-state index in [9.17, 15) is 9.90 Å². The van der Waals surface area contributed by atoms with Gasteiger partial charge in [-0.15, -0.1) is 0 Å². The molecule has 4 N–H and O–H groups in total. The summed E-state index contributed by atoms with van der Waals surface area (Å²) < 4.78 is 0. The summed E-state index contributed by atoms with van der Waals surface area (Å²) in [4.78, 5) is 11.9. The Kier molecular flexibility index (Phi) is 4.25. The van der Waals surface area contributed by atoms with Gasteiger partial charge in [-0.1, -0.05) is 29.8 Å². The average Bonchev–Trinajstić information content (AvgIpc) is 2.43. The second kappa shape index (κ2) is 6.10. The number of aromatic hydroxyl groups is 1. The van der Waals surface area contributed by atoms with Gasteiger partial charge >= 0.3 is 0 Å². The summed E-state index contributed by atoms with van der Waals surface area (Å²) in [6.45, 7) is 2.55. The highest BCUT2D eigenvalue weighted by atomic mass is 16.3. The van der Waals surface area contributed by atoms with E-state index in [4.69, 9.17) is 5.73 Å². The van der Waals surface area contributed by atoms with E-state index in [-0.39, 0.29) is 17.2 Å². The molecule has 20 heavy (non-hydrogen) atoms. The van der Waals surface area contributed by atoms with Crippen molar-refractivity contribution in [3.63, 3.8) is 0 Å². The fraction of sp³-hybridized carbons (Fsp3) is 0.188. The monoisotopic (exact) mass is 270 g/mol. The fourth-order valence-corrected chi connectivity index (χ4v) is 1.91. The third-order valence-corrected chi connectivity index (χ3v) is 3.09. The van der Waals surface area contributed by atoms with E-state index in [0.717, 1.165) is 12.0 Å². The molecule has 0 aliphatic rings. The van der Waals surface area contributed by atoms with Crippen LogP contribution in [0.15, 0.2) is 42.5 Å². The molecule has 0 unspecified atom stereocenters. The predicted molar refractivity (Wildman–Crippen MR) is 79.7 cm³/mol. The number of nitrogen functional groups attached to an aromatic ring is 1. The first kappa shape index (κ1) is 13.9. The maximum atomic E-state index is 11.9. The molecule has 0 aliphatic heterocycles. The number of aryl methyl sites for hydroxylation is 1. The lowest BCUT2D eigenvalue weighted by molar-refractivity contribution is 0.0951. The summed E-state index contributed by atoms with van der Waals surface area (Å²) >= 11 is 0. The number of hydrogen-bond acceptors (Lipinski definition) is 3. The number of benzene rings is 2. The van der Waals surface area contributed by atoms with E-state index in [1.54, 1.807) is 6.07 Å². The van der Waals surface area contributed by atoms with Crippen molar-refractivity contribution < 1.29 is 9.90 Å². The molecule has 104 valence electrons. The SMILES string of the molecule is Cc1ccc(CCNC(=O)c2cc(N)ccc2O)cc1. The Bertz CT molecular complexity index is 606. The van der Waals surface area contributed by atoms with Gasteiger partial charge in [-0.3, -0.25) is 4.79 Å². The maximum absolute atomic E-state index is 11.9. The summed E-state index contributed by atoms with van der Waals surface area (Å²) in [6.07, 6.45) is 0.745. The van der Waals surface area contributed by atoms with E-state index in [1.165, 1.54) is 17.7 Å². The smallest absolute Gasteiger partial charge is 0.255 e. The molecule has 4 heteroatoms. The number of nitrogens with one attached hydrogen (secondary N) is 1. The lowest BCUT2D eigenvalue weighted by Crippen LogP contribution is -2.25. The van der Waals surface area contributed by atoms with E-state index >= 15 is 0 Å². The Labute approximate surface area is 118 Å². The first-order chi connectivity index (χ1) is 9.56. The van der Waals surface area contributed by atoms with Crippen molar-refractivity contribution in [3.05, 3.63) is 59.2 Å². The number of carbonyl (C=O) groups excluding carboxylic acids is 1. The topological polar surface area (TPSA) is 75.4 Å². The molecule has 0 heterocycles. The van der Waals surface area contributed by atoms with Gasteiger partial charge in [0.15, 0.2) is 0 Å². The molecule has 4 nitrogen and oxygen atoms in total. The van der Waals surface area contributed by atoms with Crippen LogP contribution in [0, 0.1) is 6.92 Å². The van der Waals surface area contributed by atoms with Crippen molar-refractivity contribution in [1.29, 1.82) is 0 Å². The Balaban J connectivity index is 1.92. The van der Waals surface area contributed by atoms with Crippen molar-refractivity contribution >= 4 is 11.6 Å². The van der Waals surface area contributed by atoms with E-state index in [1.807, 2.05) is 31.2 Å². The van der Waals surface area contributed by atoms with Crippen molar-refractivity contribution in [2.45, 2.75) is 13.3 Å². The second-order valence-corrected chi connectivity index (χ2v) is 4.77. The lowest BCUT2D eigenvalue weighted by Gasteiger charge is -2.08. The minimum absolute atomic E-state index is 0.0629. The molecule has 0 saturated carbocycles. The molecule has 0 spiro atoms. The standard InChI is InChI=1S/C16H18N2O2/c1-11-2-4-12(5-3-11)8-9-18-16(20)14-10-13(17)6-7-15(14)19/h2-7,10,19H,8-9,17H2,1H3,(H,18,20). The van der Waals surface area contributed by atoms with Gasteiger partial charge in [0.2, 0.25) is 0 Å². The third-order valence-electron chi connectivity index (χ3n) is 3.09. The highest BCUT2D eigenvalue weighted by Gasteiger charge is 2.10. The molecule has 0 bridgehead atoms. The second-order valence-electron chi connectivity index (χ2n) is 4.77. The average molecular weight is 270 g/mol. The van der Waals surface area contributed by atoms with Crippen LogP contribution in [0.5, 0.6) is 5.75 Å². The summed E-state index contributed by atoms with van der Waals surface area (Å²) in [6, 6.07) is 12.6. The van der Waals surface area contributed by atoms with E-state index in [2.05, 4.69) is 5.32 Å². The minimum atomic E-state index is -0.318. The van der Waals surface area contributed by atoms with Gasteiger partial charge in [-0.05, 0) is 37.1 Å². The quantitative estimate of drug-likeness (QED) is 0.589. The largest absolute Gasteiger partial charge is 0.507 e. The zero-order valence-electron chi connectivity index (χ0n) is 11.4. The van der Waals surface area contributed by atoms with Crippen LogP contribution in [-0.4, -0.2) is 17.6 Å². The van der Waals surface area contributed by atoms with Gasteiger partial charge in [0.25, 0.3) is 5.91 Å². The van der Waals surface area contributed by atoms with Crippen LogP contribution in [0.3, 0.4) is 0 Å². The van der Waals surface area contributed by atoms with Gasteiger partial charge in [0, 0.05) is 12.2 Å². The number of carbonyl (C=O) groups is 1. The molecular weight excluding hydrogens is 252 g/mol. The number of amides is 1. The Morgan fingerprint density at radius 3 is 2.60 bits per heavy atom. The first-order valence-electron chi connectivity index (χ1n) is 6.48. The molecule has 0 aliphatic carbocycles. The van der Waals surface area contributed by atoms with Gasteiger partial charge in [0.1, 0.15) is 5.75 Å². The third kappa shape index (κ3) is 3.51. The highest BCUT2D eigenvalue weighted by Crippen LogP contribution is 2.19. The summed E-state index contributed by atoms with van der Waals surface area (Å²) in [5.41, 5.74) is 8.63. The number of anilines is 1.